The highest BCUT2D eigenvalue weighted by molar-refractivity contribution is 7.87. The van der Waals surface area contributed by atoms with E-state index in [0.717, 1.165) is 6.54 Å². The molecule has 98 valence electrons. The molecule has 0 saturated heterocycles. The molecule has 0 aliphatic rings. The zero-order valence-electron chi connectivity index (χ0n) is 10.2. The van der Waals surface area contributed by atoms with Crippen LogP contribution in [0, 0.1) is 5.92 Å². The molecule has 0 aliphatic heterocycles. The SMILES string of the molecule is COCCNCCNS(=O)(=O)NCC(C)C. The molecule has 0 fully saturated rings. The Hall–Kier alpha value is -0.210. The number of nitrogens with one attached hydrogen (secondary N) is 3. The van der Waals surface area contributed by atoms with Crippen molar-refractivity contribution >= 4 is 10.2 Å². The minimum atomic E-state index is -3.34. The van der Waals surface area contributed by atoms with E-state index < -0.39 is 10.2 Å². The monoisotopic (exact) mass is 253 g/mol. The summed E-state index contributed by atoms with van der Waals surface area (Å²) in [7, 11) is -1.72. The molecular formula is C9H23N3O3S. The molecule has 0 aromatic heterocycles. The Kier molecular flexibility index (Phi) is 8.77. The average Bonchev–Trinajstić information content (AvgIpc) is 2.21. The molecular weight excluding hydrogens is 230 g/mol. The van der Waals surface area contributed by atoms with E-state index in [1.54, 1.807) is 7.11 Å². The van der Waals surface area contributed by atoms with Crippen LogP contribution in [0.1, 0.15) is 13.8 Å². The molecule has 0 aliphatic carbocycles. The summed E-state index contributed by atoms with van der Waals surface area (Å²) in [5, 5.41) is 3.04. The van der Waals surface area contributed by atoms with E-state index in [4.69, 9.17) is 4.74 Å². The lowest BCUT2D eigenvalue weighted by atomic mass is 10.2. The van der Waals surface area contributed by atoms with Crippen LogP contribution >= 0.6 is 0 Å². The van der Waals surface area contributed by atoms with Crippen molar-refractivity contribution in [3.63, 3.8) is 0 Å². The van der Waals surface area contributed by atoms with Crippen LogP contribution in [0.15, 0.2) is 0 Å². The summed E-state index contributed by atoms with van der Waals surface area (Å²) in [6.45, 7) is 6.66. The van der Waals surface area contributed by atoms with Crippen molar-refractivity contribution < 1.29 is 13.2 Å². The third-order valence-corrected chi connectivity index (χ3v) is 2.89. The molecule has 0 atom stereocenters. The second kappa shape index (κ2) is 8.89. The fourth-order valence-electron chi connectivity index (χ4n) is 0.900. The summed E-state index contributed by atoms with van der Waals surface area (Å²) >= 11 is 0. The average molecular weight is 253 g/mol. The van der Waals surface area contributed by atoms with E-state index in [2.05, 4.69) is 14.8 Å². The fraction of sp³-hybridized carbons (Fsp3) is 1.00. The van der Waals surface area contributed by atoms with E-state index in [1.807, 2.05) is 13.8 Å². The van der Waals surface area contributed by atoms with Gasteiger partial charge in [-0.15, -0.1) is 0 Å². The lowest BCUT2D eigenvalue weighted by Gasteiger charge is -2.10. The fourth-order valence-corrected chi connectivity index (χ4v) is 1.93. The van der Waals surface area contributed by atoms with Crippen molar-refractivity contribution in [2.75, 3.05) is 39.9 Å². The van der Waals surface area contributed by atoms with Crippen LogP contribution < -0.4 is 14.8 Å². The van der Waals surface area contributed by atoms with Crippen LogP contribution in [-0.4, -0.2) is 48.3 Å². The van der Waals surface area contributed by atoms with E-state index in [-0.39, 0.29) is 0 Å². The molecule has 0 saturated carbocycles. The van der Waals surface area contributed by atoms with Gasteiger partial charge in [0.1, 0.15) is 0 Å². The molecule has 0 heterocycles. The third kappa shape index (κ3) is 10.3. The number of methoxy groups -OCH3 is 1. The molecule has 0 spiro atoms. The second-order valence-electron chi connectivity index (χ2n) is 3.88. The second-order valence-corrected chi connectivity index (χ2v) is 5.47. The van der Waals surface area contributed by atoms with Gasteiger partial charge in [-0.2, -0.15) is 8.42 Å². The maximum Gasteiger partial charge on any atom is 0.276 e. The van der Waals surface area contributed by atoms with Crippen molar-refractivity contribution in [3.8, 4) is 0 Å². The molecule has 0 unspecified atom stereocenters. The quantitative estimate of drug-likeness (QED) is 0.450. The van der Waals surface area contributed by atoms with Crippen LogP contribution in [-0.2, 0) is 14.9 Å². The maximum atomic E-state index is 11.3. The number of hydrogen-bond donors (Lipinski definition) is 3. The first kappa shape index (κ1) is 15.8. The topological polar surface area (TPSA) is 79.5 Å². The van der Waals surface area contributed by atoms with Gasteiger partial charge in [0.25, 0.3) is 10.2 Å². The standard InChI is InChI=1S/C9H23N3O3S/c1-9(2)8-12-16(13,14)11-5-4-10-6-7-15-3/h9-12H,4-8H2,1-3H3. The van der Waals surface area contributed by atoms with Crippen molar-refractivity contribution in [1.82, 2.24) is 14.8 Å². The predicted molar refractivity (Wildman–Crippen MR) is 64.5 cm³/mol. The molecule has 0 radical (unpaired) electrons. The van der Waals surface area contributed by atoms with Crippen LogP contribution in [0.2, 0.25) is 0 Å². The molecule has 6 nitrogen and oxygen atoms in total. The highest BCUT2D eigenvalue weighted by Crippen LogP contribution is 1.88. The Balaban J connectivity index is 3.51. The maximum absolute atomic E-state index is 11.3. The lowest BCUT2D eigenvalue weighted by Crippen LogP contribution is -2.41. The predicted octanol–water partition coefficient (Wildman–Crippen LogP) is -0.698. The molecule has 0 rings (SSSR count). The first-order valence-electron chi connectivity index (χ1n) is 5.42. The van der Waals surface area contributed by atoms with Gasteiger partial charge in [-0.05, 0) is 5.92 Å². The Morgan fingerprint density at radius 1 is 1.12 bits per heavy atom. The third-order valence-electron chi connectivity index (χ3n) is 1.76. The Labute approximate surface area is 98.3 Å². The van der Waals surface area contributed by atoms with Crippen molar-refractivity contribution in [1.29, 1.82) is 0 Å². The summed E-state index contributed by atoms with van der Waals surface area (Å²) in [6.07, 6.45) is 0. The number of ether oxygens (including phenoxy) is 1. The van der Waals surface area contributed by atoms with Gasteiger partial charge in [0, 0.05) is 33.3 Å². The molecule has 0 aromatic rings. The van der Waals surface area contributed by atoms with Gasteiger partial charge in [0.15, 0.2) is 0 Å². The zero-order valence-corrected chi connectivity index (χ0v) is 11.1. The van der Waals surface area contributed by atoms with Crippen molar-refractivity contribution in [2.45, 2.75) is 13.8 Å². The zero-order chi connectivity index (χ0) is 12.4. The van der Waals surface area contributed by atoms with Crippen LogP contribution in [0.25, 0.3) is 0 Å². The van der Waals surface area contributed by atoms with Crippen molar-refractivity contribution in [2.24, 2.45) is 5.92 Å². The van der Waals surface area contributed by atoms with Gasteiger partial charge >= 0.3 is 0 Å². The lowest BCUT2D eigenvalue weighted by molar-refractivity contribution is 0.199. The summed E-state index contributed by atoms with van der Waals surface area (Å²) < 4.78 is 32.5. The van der Waals surface area contributed by atoms with E-state index in [0.29, 0.717) is 32.2 Å². The van der Waals surface area contributed by atoms with Gasteiger partial charge in [0.2, 0.25) is 0 Å². The van der Waals surface area contributed by atoms with Crippen molar-refractivity contribution in [3.05, 3.63) is 0 Å². The highest BCUT2D eigenvalue weighted by Gasteiger charge is 2.08. The van der Waals surface area contributed by atoms with Crippen LogP contribution in [0.4, 0.5) is 0 Å². The summed E-state index contributed by atoms with van der Waals surface area (Å²) in [5.41, 5.74) is 0. The molecule has 16 heavy (non-hydrogen) atoms. The summed E-state index contributed by atoms with van der Waals surface area (Å²) in [5.74, 6) is 0.302. The minimum Gasteiger partial charge on any atom is -0.383 e. The molecule has 7 heteroatoms. The number of rotatable bonds is 10. The van der Waals surface area contributed by atoms with Gasteiger partial charge < -0.3 is 10.1 Å². The first-order chi connectivity index (χ1) is 7.48. The van der Waals surface area contributed by atoms with E-state index >= 15 is 0 Å². The van der Waals surface area contributed by atoms with Gasteiger partial charge in [0.05, 0.1) is 6.61 Å². The Bertz CT molecular complexity index is 255. The summed E-state index contributed by atoms with van der Waals surface area (Å²) in [4.78, 5) is 0. The minimum absolute atomic E-state index is 0.302. The molecule has 0 bridgehead atoms. The van der Waals surface area contributed by atoms with Gasteiger partial charge in [-0.25, -0.2) is 9.44 Å². The van der Waals surface area contributed by atoms with Gasteiger partial charge in [-0.3, -0.25) is 0 Å². The van der Waals surface area contributed by atoms with E-state index in [1.165, 1.54) is 0 Å². The highest BCUT2D eigenvalue weighted by atomic mass is 32.2. The Morgan fingerprint density at radius 3 is 2.38 bits per heavy atom. The normalized spacial score (nSPS) is 12.2. The smallest absolute Gasteiger partial charge is 0.276 e. The molecule has 0 aromatic carbocycles. The van der Waals surface area contributed by atoms with Crippen LogP contribution in [0.5, 0.6) is 0 Å². The summed E-state index contributed by atoms with van der Waals surface area (Å²) in [6, 6.07) is 0. The van der Waals surface area contributed by atoms with Crippen LogP contribution in [0.3, 0.4) is 0 Å². The molecule has 0 amide bonds. The Morgan fingerprint density at radius 2 is 1.81 bits per heavy atom. The first-order valence-corrected chi connectivity index (χ1v) is 6.90. The van der Waals surface area contributed by atoms with E-state index in [9.17, 15) is 8.42 Å². The number of hydrogen-bond acceptors (Lipinski definition) is 4. The largest absolute Gasteiger partial charge is 0.383 e. The van der Waals surface area contributed by atoms with Gasteiger partial charge in [-0.1, -0.05) is 13.8 Å². The molecule has 3 N–H and O–H groups in total.